The van der Waals surface area contributed by atoms with Crippen LogP contribution in [-0.4, -0.2) is 27.2 Å². The highest BCUT2D eigenvalue weighted by atomic mass is 16.4. The molecule has 2 aromatic rings. The molecule has 6 nitrogen and oxygen atoms in total. The number of aromatic amines is 1. The first-order valence-corrected chi connectivity index (χ1v) is 7.06. The number of H-pyrrole nitrogens is 1. The Morgan fingerprint density at radius 2 is 1.91 bits per heavy atom. The van der Waals surface area contributed by atoms with E-state index in [0.29, 0.717) is 5.82 Å². The number of nitrogens with one attached hydrogen (secondary N) is 2. The third kappa shape index (κ3) is 2.36. The normalized spacial score (nSPS) is 22.1. The predicted molar refractivity (Wildman–Crippen MR) is 81.1 cm³/mol. The Kier molecular flexibility index (Phi) is 3.24. The van der Waals surface area contributed by atoms with Gasteiger partial charge in [-0.15, -0.1) is 0 Å². The average molecular weight is 299 g/mol. The minimum Gasteiger partial charge on any atom is -0.481 e. The van der Waals surface area contributed by atoms with Crippen molar-refractivity contribution >= 4 is 17.7 Å². The number of carbonyl (C=O) groups is 2. The molecule has 6 heteroatoms. The molecule has 0 aliphatic heterocycles. The smallest absolute Gasteiger partial charge is 0.307 e. The largest absolute Gasteiger partial charge is 0.481 e. The van der Waals surface area contributed by atoms with E-state index in [-0.39, 0.29) is 5.91 Å². The molecule has 3 N–H and O–H groups in total. The number of hydrogen-bond donors (Lipinski definition) is 3. The first-order chi connectivity index (χ1) is 10.4. The topological polar surface area (TPSA) is 95.1 Å². The van der Waals surface area contributed by atoms with E-state index in [9.17, 15) is 9.59 Å². The Hall–Kier alpha value is -2.63. The third-order valence-electron chi connectivity index (χ3n) is 4.29. The number of carboxylic acid groups (broad SMARTS) is 1. The summed E-state index contributed by atoms with van der Waals surface area (Å²) in [4.78, 5) is 23.4. The maximum absolute atomic E-state index is 12.2. The van der Waals surface area contributed by atoms with E-state index >= 15 is 0 Å². The summed E-state index contributed by atoms with van der Waals surface area (Å²) in [6, 6.07) is 11.4. The van der Waals surface area contributed by atoms with Crippen molar-refractivity contribution in [1.82, 2.24) is 10.2 Å². The summed E-state index contributed by atoms with van der Waals surface area (Å²) in [5.74, 6) is -2.00. The van der Waals surface area contributed by atoms with E-state index in [1.54, 1.807) is 19.9 Å². The molecule has 1 saturated carbocycles. The second-order valence-electron chi connectivity index (χ2n) is 6.14. The Labute approximate surface area is 127 Å². The van der Waals surface area contributed by atoms with Crippen molar-refractivity contribution in [3.8, 4) is 11.3 Å². The maximum Gasteiger partial charge on any atom is 0.307 e. The fraction of sp³-hybridized carbons (Fsp3) is 0.312. The van der Waals surface area contributed by atoms with Gasteiger partial charge in [0.05, 0.1) is 17.5 Å². The molecule has 0 radical (unpaired) electrons. The molecule has 1 aliphatic rings. The van der Waals surface area contributed by atoms with Crippen LogP contribution < -0.4 is 5.32 Å². The summed E-state index contributed by atoms with van der Waals surface area (Å²) in [7, 11) is 0. The average Bonchev–Trinajstić information content (AvgIpc) is 2.82. The number of hydrogen-bond acceptors (Lipinski definition) is 3. The van der Waals surface area contributed by atoms with Crippen molar-refractivity contribution < 1.29 is 14.7 Å². The monoisotopic (exact) mass is 299 g/mol. The molecular formula is C16H17N3O3. The van der Waals surface area contributed by atoms with E-state index in [4.69, 9.17) is 5.11 Å². The first-order valence-electron chi connectivity index (χ1n) is 7.06. The van der Waals surface area contributed by atoms with E-state index in [2.05, 4.69) is 15.5 Å². The number of aliphatic carboxylic acids is 1. The lowest BCUT2D eigenvalue weighted by atomic mass is 10.1. The molecule has 0 spiro atoms. The Morgan fingerprint density at radius 1 is 1.23 bits per heavy atom. The number of nitrogens with zero attached hydrogens (tertiary/aromatic N) is 1. The SMILES string of the molecule is CC1(C)[C@@H](C(=O)O)[C@@H]1C(=O)Nc1cc(-c2ccccc2)[nH]n1. The van der Waals surface area contributed by atoms with E-state index < -0.39 is 23.2 Å². The molecule has 1 aromatic carbocycles. The molecule has 1 aromatic heterocycles. The van der Waals surface area contributed by atoms with Crippen molar-refractivity contribution in [2.75, 3.05) is 5.32 Å². The van der Waals surface area contributed by atoms with Crippen LogP contribution in [0.2, 0.25) is 0 Å². The Bertz CT molecular complexity index is 721. The number of benzene rings is 1. The van der Waals surface area contributed by atoms with Gasteiger partial charge in [0.1, 0.15) is 0 Å². The van der Waals surface area contributed by atoms with Gasteiger partial charge < -0.3 is 10.4 Å². The van der Waals surface area contributed by atoms with Gasteiger partial charge in [-0.25, -0.2) is 0 Å². The molecular weight excluding hydrogens is 282 g/mol. The van der Waals surface area contributed by atoms with Crippen LogP contribution in [0.25, 0.3) is 11.3 Å². The highest BCUT2D eigenvalue weighted by Gasteiger charge is 2.65. The molecule has 0 saturated heterocycles. The third-order valence-corrected chi connectivity index (χ3v) is 4.29. The van der Waals surface area contributed by atoms with E-state index in [1.807, 2.05) is 30.3 Å². The molecule has 1 fully saturated rings. The van der Waals surface area contributed by atoms with Crippen molar-refractivity contribution in [3.63, 3.8) is 0 Å². The van der Waals surface area contributed by atoms with E-state index in [0.717, 1.165) is 11.3 Å². The molecule has 1 amide bonds. The van der Waals surface area contributed by atoms with Crippen LogP contribution in [0.1, 0.15) is 13.8 Å². The number of amides is 1. The van der Waals surface area contributed by atoms with Crippen molar-refractivity contribution in [2.24, 2.45) is 17.3 Å². The fourth-order valence-electron chi connectivity index (χ4n) is 2.94. The van der Waals surface area contributed by atoms with Crippen LogP contribution in [-0.2, 0) is 9.59 Å². The number of carbonyl (C=O) groups excluding carboxylic acids is 1. The minimum absolute atomic E-state index is 0.302. The van der Waals surface area contributed by atoms with Gasteiger partial charge in [-0.05, 0) is 11.0 Å². The lowest BCUT2D eigenvalue weighted by molar-refractivity contribution is -0.140. The van der Waals surface area contributed by atoms with Gasteiger partial charge in [0.15, 0.2) is 5.82 Å². The summed E-state index contributed by atoms with van der Waals surface area (Å²) >= 11 is 0. The van der Waals surface area contributed by atoms with Crippen LogP contribution in [0.4, 0.5) is 5.82 Å². The highest BCUT2D eigenvalue weighted by molar-refractivity contribution is 5.99. The number of aromatic nitrogens is 2. The van der Waals surface area contributed by atoms with Crippen LogP contribution in [0, 0.1) is 17.3 Å². The summed E-state index contributed by atoms with van der Waals surface area (Å²) < 4.78 is 0. The first kappa shape index (κ1) is 14.3. The Balaban J connectivity index is 1.71. The standard InChI is InChI=1S/C16H17N3O3/c1-16(2)12(13(16)15(21)22)14(20)17-11-8-10(18-19-11)9-6-4-3-5-7-9/h3-8,12-13H,1-2H3,(H,21,22)(H2,17,18,19,20)/t12-,13-/m1/s1. The lowest BCUT2D eigenvalue weighted by Gasteiger charge is -2.02. The van der Waals surface area contributed by atoms with Gasteiger partial charge in [0.25, 0.3) is 0 Å². The molecule has 114 valence electrons. The lowest BCUT2D eigenvalue weighted by Crippen LogP contribution is -2.17. The van der Waals surface area contributed by atoms with Gasteiger partial charge >= 0.3 is 5.97 Å². The second kappa shape index (κ2) is 4.98. The summed E-state index contributed by atoms with van der Waals surface area (Å²) in [6.07, 6.45) is 0. The van der Waals surface area contributed by atoms with Crippen LogP contribution in [0.15, 0.2) is 36.4 Å². The van der Waals surface area contributed by atoms with Crippen molar-refractivity contribution in [2.45, 2.75) is 13.8 Å². The summed E-state index contributed by atoms with van der Waals surface area (Å²) in [5, 5.41) is 18.7. The molecule has 0 unspecified atom stereocenters. The number of anilines is 1. The van der Waals surface area contributed by atoms with Gasteiger partial charge in [0, 0.05) is 6.07 Å². The van der Waals surface area contributed by atoms with Crippen LogP contribution >= 0.6 is 0 Å². The van der Waals surface area contributed by atoms with Crippen molar-refractivity contribution in [1.29, 1.82) is 0 Å². The fourth-order valence-corrected chi connectivity index (χ4v) is 2.94. The molecule has 3 rings (SSSR count). The quantitative estimate of drug-likeness (QED) is 0.807. The van der Waals surface area contributed by atoms with E-state index in [1.165, 1.54) is 0 Å². The zero-order chi connectivity index (χ0) is 15.9. The summed E-state index contributed by atoms with van der Waals surface area (Å²) in [6.45, 7) is 3.58. The maximum atomic E-state index is 12.2. The van der Waals surface area contributed by atoms with Gasteiger partial charge in [0.2, 0.25) is 5.91 Å². The van der Waals surface area contributed by atoms with Gasteiger partial charge in [-0.2, -0.15) is 5.10 Å². The summed E-state index contributed by atoms with van der Waals surface area (Å²) in [5.41, 5.74) is 1.24. The van der Waals surface area contributed by atoms with Gasteiger partial charge in [-0.1, -0.05) is 44.2 Å². The minimum atomic E-state index is -0.933. The zero-order valence-electron chi connectivity index (χ0n) is 12.3. The zero-order valence-corrected chi connectivity index (χ0v) is 12.3. The molecule has 22 heavy (non-hydrogen) atoms. The van der Waals surface area contributed by atoms with Crippen LogP contribution in [0.3, 0.4) is 0 Å². The molecule has 1 aliphatic carbocycles. The number of rotatable bonds is 4. The van der Waals surface area contributed by atoms with Crippen molar-refractivity contribution in [3.05, 3.63) is 36.4 Å². The second-order valence-corrected chi connectivity index (χ2v) is 6.14. The molecule has 2 atom stereocenters. The predicted octanol–water partition coefficient (Wildman–Crippen LogP) is 2.37. The van der Waals surface area contributed by atoms with Crippen LogP contribution in [0.5, 0.6) is 0 Å². The molecule has 0 bridgehead atoms. The molecule has 1 heterocycles. The van der Waals surface area contributed by atoms with Gasteiger partial charge in [-0.3, -0.25) is 14.7 Å². The number of carboxylic acids is 1. The highest BCUT2D eigenvalue weighted by Crippen LogP contribution is 2.58. The Morgan fingerprint density at radius 3 is 2.50 bits per heavy atom.